The Morgan fingerprint density at radius 3 is 1.62 bits per heavy atom. The van der Waals surface area contributed by atoms with Crippen LogP contribution in [0.2, 0.25) is 0 Å². The largest absolute Gasteiger partial charge is 0.376 e. The maximum atomic E-state index is 12.5. The number of carbonyl (C=O) groups is 2. The average molecular weight is 449 g/mol. The molecule has 2 aliphatic heterocycles. The van der Waals surface area contributed by atoms with Crippen molar-refractivity contribution in [3.05, 3.63) is 23.3 Å². The van der Waals surface area contributed by atoms with Crippen molar-refractivity contribution in [1.82, 2.24) is 0 Å². The predicted octanol–water partition coefficient (Wildman–Crippen LogP) is 3.35. The zero-order valence-corrected chi connectivity index (χ0v) is 19.6. The van der Waals surface area contributed by atoms with Crippen LogP contribution in [0.5, 0.6) is 0 Å². The Morgan fingerprint density at radius 1 is 0.875 bits per heavy atom. The molecular weight excluding hydrogens is 412 g/mol. The topological polar surface area (TPSA) is 95.1 Å². The molecule has 178 valence electrons. The molecule has 1 aromatic rings. The van der Waals surface area contributed by atoms with Crippen molar-refractivity contribution in [3.63, 3.8) is 0 Å². The zero-order valence-electron chi connectivity index (χ0n) is 19.6. The summed E-state index contributed by atoms with van der Waals surface area (Å²) in [4.78, 5) is 25.1. The van der Waals surface area contributed by atoms with Gasteiger partial charge in [-0.1, -0.05) is 0 Å². The first-order valence-electron chi connectivity index (χ1n) is 11.5. The lowest BCUT2D eigenvalue weighted by Crippen LogP contribution is -2.31. The molecule has 0 aliphatic carbocycles. The zero-order chi connectivity index (χ0) is 23.1. The van der Waals surface area contributed by atoms with Gasteiger partial charge in [0.2, 0.25) is 0 Å². The minimum atomic E-state index is -0.583. The normalized spacial score (nSPS) is 22.5. The second-order valence-electron chi connectivity index (χ2n) is 8.61. The van der Waals surface area contributed by atoms with Crippen LogP contribution in [0.25, 0.3) is 0 Å². The van der Waals surface area contributed by atoms with E-state index < -0.39 is 12.2 Å². The quantitative estimate of drug-likeness (QED) is 0.570. The summed E-state index contributed by atoms with van der Waals surface area (Å²) < 4.78 is 22.4. The Hall–Kier alpha value is -2.00. The molecule has 2 fully saturated rings. The van der Waals surface area contributed by atoms with E-state index in [1.54, 1.807) is 26.0 Å². The number of nitrogens with one attached hydrogen (secondary N) is 2. The SMILES string of the molecule is Cc1c(NC(=O)C(C)OCC2CCCO2)ccc(NC(=O)C(C)OCC2CCCO2)c1C. The number of hydrogen-bond acceptors (Lipinski definition) is 6. The summed E-state index contributed by atoms with van der Waals surface area (Å²) in [7, 11) is 0. The van der Waals surface area contributed by atoms with Gasteiger partial charge < -0.3 is 29.6 Å². The molecule has 0 radical (unpaired) electrons. The highest BCUT2D eigenvalue weighted by molar-refractivity contribution is 5.97. The number of anilines is 2. The van der Waals surface area contributed by atoms with Gasteiger partial charge in [0.25, 0.3) is 11.8 Å². The third-order valence-corrected chi connectivity index (χ3v) is 6.15. The Morgan fingerprint density at radius 2 is 1.28 bits per heavy atom. The Balaban J connectivity index is 1.50. The van der Waals surface area contributed by atoms with E-state index in [0.29, 0.717) is 24.6 Å². The molecule has 0 bridgehead atoms. The number of ether oxygens (including phenoxy) is 4. The van der Waals surface area contributed by atoms with Gasteiger partial charge in [-0.25, -0.2) is 0 Å². The predicted molar refractivity (Wildman–Crippen MR) is 122 cm³/mol. The lowest BCUT2D eigenvalue weighted by atomic mass is 10.1. The van der Waals surface area contributed by atoms with Gasteiger partial charge in [-0.2, -0.15) is 0 Å². The monoisotopic (exact) mass is 448 g/mol. The smallest absolute Gasteiger partial charge is 0.253 e. The molecule has 0 spiro atoms. The summed E-state index contributed by atoms with van der Waals surface area (Å²) in [5, 5.41) is 5.85. The van der Waals surface area contributed by atoms with Crippen LogP contribution >= 0.6 is 0 Å². The molecule has 2 saturated heterocycles. The van der Waals surface area contributed by atoms with E-state index >= 15 is 0 Å². The minimum Gasteiger partial charge on any atom is -0.376 e. The summed E-state index contributed by atoms with van der Waals surface area (Å²) in [6.07, 6.45) is 3.00. The minimum absolute atomic E-state index is 0.0780. The molecule has 0 aromatic heterocycles. The van der Waals surface area contributed by atoms with E-state index in [1.807, 2.05) is 13.8 Å². The average Bonchev–Trinajstić information content (AvgIpc) is 3.49. The van der Waals surface area contributed by atoms with Gasteiger partial charge in [-0.15, -0.1) is 0 Å². The fourth-order valence-corrected chi connectivity index (χ4v) is 3.77. The number of carbonyl (C=O) groups excluding carboxylic acids is 2. The number of rotatable bonds is 10. The summed E-state index contributed by atoms with van der Waals surface area (Å²) in [6.45, 7) is 9.66. The van der Waals surface area contributed by atoms with Gasteiger partial charge in [0.1, 0.15) is 12.2 Å². The van der Waals surface area contributed by atoms with Crippen molar-refractivity contribution >= 4 is 23.2 Å². The van der Waals surface area contributed by atoms with Crippen LogP contribution in [0.15, 0.2) is 12.1 Å². The Labute approximate surface area is 190 Å². The molecule has 4 unspecified atom stereocenters. The lowest BCUT2D eigenvalue weighted by Gasteiger charge is -2.20. The highest BCUT2D eigenvalue weighted by Gasteiger charge is 2.22. The molecule has 2 aliphatic rings. The first kappa shape index (κ1) is 24.6. The standard InChI is InChI=1S/C24H36N2O6/c1-15-16(2)22(26-24(28)18(4)32-14-20-8-6-12-30-20)10-9-21(15)25-23(27)17(3)31-13-19-7-5-11-29-19/h9-10,17-20H,5-8,11-14H2,1-4H3,(H,25,27)(H,26,28). The Bertz CT molecular complexity index is 722. The highest BCUT2D eigenvalue weighted by atomic mass is 16.5. The van der Waals surface area contributed by atoms with Gasteiger partial charge in [-0.05, 0) is 76.6 Å². The first-order chi connectivity index (χ1) is 15.3. The maximum Gasteiger partial charge on any atom is 0.253 e. The van der Waals surface area contributed by atoms with Crippen LogP contribution in [0.4, 0.5) is 11.4 Å². The fourth-order valence-electron chi connectivity index (χ4n) is 3.77. The number of benzene rings is 1. The number of hydrogen-bond donors (Lipinski definition) is 2. The van der Waals surface area contributed by atoms with Crippen LogP contribution < -0.4 is 10.6 Å². The van der Waals surface area contributed by atoms with Gasteiger partial charge in [0, 0.05) is 24.6 Å². The van der Waals surface area contributed by atoms with E-state index in [4.69, 9.17) is 18.9 Å². The van der Waals surface area contributed by atoms with Crippen molar-refractivity contribution in [2.75, 3.05) is 37.1 Å². The molecule has 8 nitrogen and oxygen atoms in total. The van der Waals surface area contributed by atoms with Gasteiger partial charge in [-0.3, -0.25) is 9.59 Å². The summed E-state index contributed by atoms with van der Waals surface area (Å²) in [6, 6.07) is 3.58. The Kier molecular flexibility index (Phi) is 9.04. The van der Waals surface area contributed by atoms with E-state index in [-0.39, 0.29) is 24.0 Å². The van der Waals surface area contributed by atoms with Crippen molar-refractivity contribution in [3.8, 4) is 0 Å². The third-order valence-electron chi connectivity index (χ3n) is 6.15. The molecule has 4 atom stereocenters. The third kappa shape index (κ3) is 6.75. The van der Waals surface area contributed by atoms with Crippen molar-refractivity contribution in [2.24, 2.45) is 0 Å². The van der Waals surface area contributed by atoms with Crippen LogP contribution in [0.3, 0.4) is 0 Å². The second-order valence-corrected chi connectivity index (χ2v) is 8.61. The molecule has 2 N–H and O–H groups in total. The van der Waals surface area contributed by atoms with E-state index in [0.717, 1.165) is 50.0 Å². The molecule has 1 aromatic carbocycles. The van der Waals surface area contributed by atoms with Crippen molar-refractivity contribution < 1.29 is 28.5 Å². The van der Waals surface area contributed by atoms with Crippen molar-refractivity contribution in [2.45, 2.75) is 77.8 Å². The van der Waals surface area contributed by atoms with Crippen LogP contribution in [-0.4, -0.2) is 62.7 Å². The summed E-state index contributed by atoms with van der Waals surface area (Å²) in [5.74, 6) is -0.420. The molecule has 8 heteroatoms. The second kappa shape index (κ2) is 11.7. The van der Waals surface area contributed by atoms with Gasteiger partial charge >= 0.3 is 0 Å². The van der Waals surface area contributed by atoms with Crippen LogP contribution in [-0.2, 0) is 28.5 Å². The molecule has 2 heterocycles. The molecule has 0 saturated carbocycles. The van der Waals surface area contributed by atoms with E-state index in [1.165, 1.54) is 0 Å². The first-order valence-corrected chi connectivity index (χ1v) is 11.5. The summed E-state index contributed by atoms with van der Waals surface area (Å²) >= 11 is 0. The van der Waals surface area contributed by atoms with Gasteiger partial charge in [0.15, 0.2) is 0 Å². The molecular formula is C24H36N2O6. The molecule has 2 amide bonds. The van der Waals surface area contributed by atoms with Gasteiger partial charge in [0.05, 0.1) is 25.4 Å². The fraction of sp³-hybridized carbons (Fsp3) is 0.667. The van der Waals surface area contributed by atoms with Crippen LogP contribution in [0, 0.1) is 13.8 Å². The van der Waals surface area contributed by atoms with E-state index in [2.05, 4.69) is 10.6 Å². The molecule has 32 heavy (non-hydrogen) atoms. The molecule has 3 rings (SSSR count). The van der Waals surface area contributed by atoms with Crippen molar-refractivity contribution in [1.29, 1.82) is 0 Å². The maximum absolute atomic E-state index is 12.5. The highest BCUT2D eigenvalue weighted by Crippen LogP contribution is 2.26. The number of amides is 2. The van der Waals surface area contributed by atoms with Crippen LogP contribution in [0.1, 0.15) is 50.7 Å². The summed E-state index contributed by atoms with van der Waals surface area (Å²) in [5.41, 5.74) is 3.16. The lowest BCUT2D eigenvalue weighted by molar-refractivity contribution is -0.129. The van der Waals surface area contributed by atoms with E-state index in [9.17, 15) is 9.59 Å².